The van der Waals surface area contributed by atoms with Gasteiger partial charge in [-0.05, 0) is 44.0 Å². The van der Waals surface area contributed by atoms with E-state index in [4.69, 9.17) is 14.6 Å². The van der Waals surface area contributed by atoms with Crippen molar-refractivity contribution in [3.05, 3.63) is 21.1 Å². The summed E-state index contributed by atoms with van der Waals surface area (Å²) in [5, 5.41) is 16.2. The third-order valence-electron chi connectivity index (χ3n) is 1.52. The van der Waals surface area contributed by atoms with Gasteiger partial charge in [0.15, 0.2) is 0 Å². The fourth-order valence-electron chi connectivity index (χ4n) is 0.911. The van der Waals surface area contributed by atoms with E-state index < -0.39 is 0 Å². The van der Waals surface area contributed by atoms with Gasteiger partial charge in [-0.15, -0.1) is 0 Å². The molecule has 0 saturated carbocycles. The Kier molecular flexibility index (Phi) is 8.64. The van der Waals surface area contributed by atoms with Gasteiger partial charge in [-0.1, -0.05) is 0 Å². The molecule has 0 spiro atoms. The van der Waals surface area contributed by atoms with E-state index >= 15 is 0 Å². The average molecular weight is 358 g/mol. The number of aliphatic hydroxyl groups excluding tert-OH is 1. The Morgan fingerprint density at radius 1 is 1.12 bits per heavy atom. The third kappa shape index (κ3) is 5.16. The highest BCUT2D eigenvalue weighted by Gasteiger charge is 2.08. The number of aromatic hydroxyl groups is 1. The minimum atomic E-state index is 0.183. The number of hydrogen-bond donors (Lipinski definition) is 2. The maximum absolute atomic E-state index is 9.25. The summed E-state index contributed by atoms with van der Waals surface area (Å²) in [6.45, 7) is 0.998. The number of phenolic OH excluding ortho intramolecular Hbond substituents is 1. The summed E-state index contributed by atoms with van der Waals surface area (Å²) in [6, 6.07) is 3.15. The zero-order valence-corrected chi connectivity index (χ0v) is 12.2. The first-order valence-electron chi connectivity index (χ1n) is 4.39. The molecule has 0 radical (unpaired) electrons. The topological polar surface area (TPSA) is 58.9 Å². The number of rotatable bonds is 4. The van der Waals surface area contributed by atoms with Crippen molar-refractivity contribution in [3.63, 3.8) is 0 Å². The van der Waals surface area contributed by atoms with Crippen molar-refractivity contribution < 1.29 is 19.7 Å². The SMILES string of the molecule is CO.COCCOc1c(Br)cc(O)cc1Br. The third-order valence-corrected chi connectivity index (χ3v) is 2.69. The lowest BCUT2D eigenvalue weighted by Crippen LogP contribution is -2.05. The number of phenols is 1. The standard InChI is InChI=1S/C9H10Br2O3.CH4O/c1-13-2-3-14-9-7(10)4-6(12)5-8(9)11;1-2/h4-5,12H,2-3H2,1H3;2H,1H3. The summed E-state index contributed by atoms with van der Waals surface area (Å²) >= 11 is 6.59. The van der Waals surface area contributed by atoms with E-state index in [1.165, 1.54) is 0 Å². The fourth-order valence-corrected chi connectivity index (χ4v) is 2.30. The first kappa shape index (κ1) is 15.7. The second kappa shape index (κ2) is 8.81. The molecule has 0 saturated heterocycles. The van der Waals surface area contributed by atoms with Gasteiger partial charge in [0.05, 0.1) is 15.6 Å². The van der Waals surface area contributed by atoms with E-state index in [0.717, 1.165) is 7.11 Å². The molecular formula is C10H14Br2O4. The largest absolute Gasteiger partial charge is 0.508 e. The van der Waals surface area contributed by atoms with Gasteiger partial charge in [0.2, 0.25) is 0 Å². The molecule has 0 heterocycles. The van der Waals surface area contributed by atoms with Gasteiger partial charge < -0.3 is 19.7 Å². The Bertz CT molecular complexity index is 295. The summed E-state index contributed by atoms with van der Waals surface area (Å²) in [6.07, 6.45) is 0. The predicted octanol–water partition coefficient (Wildman–Crippen LogP) is 2.55. The summed E-state index contributed by atoms with van der Waals surface area (Å²) in [7, 11) is 2.62. The molecule has 0 aromatic heterocycles. The molecule has 0 aliphatic carbocycles. The number of benzene rings is 1. The highest BCUT2D eigenvalue weighted by atomic mass is 79.9. The van der Waals surface area contributed by atoms with Crippen LogP contribution in [0.3, 0.4) is 0 Å². The molecule has 1 aromatic carbocycles. The Hall–Kier alpha value is -0.300. The zero-order chi connectivity index (χ0) is 12.6. The summed E-state index contributed by atoms with van der Waals surface area (Å²) < 4.78 is 11.7. The lowest BCUT2D eigenvalue weighted by Gasteiger charge is -2.09. The van der Waals surface area contributed by atoms with E-state index in [1.807, 2.05) is 0 Å². The van der Waals surface area contributed by atoms with Crippen LogP contribution in [0, 0.1) is 0 Å². The normalized spacial score (nSPS) is 9.31. The monoisotopic (exact) mass is 356 g/mol. The molecule has 6 heteroatoms. The zero-order valence-electron chi connectivity index (χ0n) is 9.04. The molecule has 16 heavy (non-hydrogen) atoms. The van der Waals surface area contributed by atoms with Crippen LogP contribution in [0.4, 0.5) is 0 Å². The lowest BCUT2D eigenvalue weighted by atomic mass is 10.3. The molecule has 1 rings (SSSR count). The van der Waals surface area contributed by atoms with Crippen molar-refractivity contribution >= 4 is 31.9 Å². The van der Waals surface area contributed by atoms with Crippen molar-refractivity contribution in [2.45, 2.75) is 0 Å². The second-order valence-corrected chi connectivity index (χ2v) is 4.29. The average Bonchev–Trinajstić information content (AvgIpc) is 2.25. The minimum absolute atomic E-state index is 0.183. The van der Waals surface area contributed by atoms with Crippen LogP contribution in [0.1, 0.15) is 0 Å². The van der Waals surface area contributed by atoms with Gasteiger partial charge in [-0.2, -0.15) is 0 Å². The summed E-state index contributed by atoms with van der Waals surface area (Å²) in [4.78, 5) is 0. The molecule has 0 aliphatic heterocycles. The van der Waals surface area contributed by atoms with Crippen molar-refractivity contribution in [2.75, 3.05) is 27.4 Å². The molecule has 0 aliphatic rings. The maximum atomic E-state index is 9.25. The van der Waals surface area contributed by atoms with Crippen LogP contribution in [0.2, 0.25) is 0 Å². The minimum Gasteiger partial charge on any atom is -0.508 e. The summed E-state index contributed by atoms with van der Waals surface area (Å²) in [5.74, 6) is 0.850. The number of ether oxygens (including phenoxy) is 2. The Labute approximate surface area is 111 Å². The summed E-state index contributed by atoms with van der Waals surface area (Å²) in [5.41, 5.74) is 0. The molecule has 92 valence electrons. The maximum Gasteiger partial charge on any atom is 0.148 e. The van der Waals surface area contributed by atoms with Crippen LogP contribution >= 0.6 is 31.9 Å². The number of hydrogen-bond acceptors (Lipinski definition) is 4. The van der Waals surface area contributed by atoms with Crippen LogP contribution in [-0.2, 0) is 4.74 Å². The molecule has 2 N–H and O–H groups in total. The highest BCUT2D eigenvalue weighted by Crippen LogP contribution is 2.36. The quantitative estimate of drug-likeness (QED) is 0.813. The molecular weight excluding hydrogens is 344 g/mol. The molecule has 0 bridgehead atoms. The molecule has 4 nitrogen and oxygen atoms in total. The molecule has 0 fully saturated rings. The Morgan fingerprint density at radius 2 is 1.62 bits per heavy atom. The smallest absolute Gasteiger partial charge is 0.148 e. The van der Waals surface area contributed by atoms with Gasteiger partial charge in [-0.25, -0.2) is 0 Å². The highest BCUT2D eigenvalue weighted by molar-refractivity contribution is 9.11. The predicted molar refractivity (Wildman–Crippen MR) is 69.0 cm³/mol. The van der Waals surface area contributed by atoms with E-state index in [-0.39, 0.29) is 5.75 Å². The number of aliphatic hydroxyl groups is 1. The van der Waals surface area contributed by atoms with E-state index in [2.05, 4.69) is 31.9 Å². The first-order valence-corrected chi connectivity index (χ1v) is 5.98. The van der Waals surface area contributed by atoms with Gasteiger partial charge >= 0.3 is 0 Å². The van der Waals surface area contributed by atoms with E-state index in [1.54, 1.807) is 19.2 Å². The second-order valence-electron chi connectivity index (χ2n) is 2.58. The van der Waals surface area contributed by atoms with Crippen molar-refractivity contribution in [1.82, 2.24) is 0 Å². The van der Waals surface area contributed by atoms with Crippen molar-refractivity contribution in [2.24, 2.45) is 0 Å². The number of halogens is 2. The lowest BCUT2D eigenvalue weighted by molar-refractivity contribution is 0.145. The van der Waals surface area contributed by atoms with Crippen molar-refractivity contribution in [3.8, 4) is 11.5 Å². The molecule has 0 atom stereocenters. The molecule has 1 aromatic rings. The Balaban J connectivity index is 0.00000106. The van der Waals surface area contributed by atoms with Crippen LogP contribution < -0.4 is 4.74 Å². The van der Waals surface area contributed by atoms with Gasteiger partial charge in [-0.3, -0.25) is 0 Å². The van der Waals surface area contributed by atoms with Crippen molar-refractivity contribution in [1.29, 1.82) is 0 Å². The fraction of sp³-hybridized carbons (Fsp3) is 0.400. The molecule has 0 amide bonds. The van der Waals surface area contributed by atoms with E-state index in [9.17, 15) is 5.11 Å². The molecule has 0 unspecified atom stereocenters. The van der Waals surface area contributed by atoms with Gasteiger partial charge in [0.25, 0.3) is 0 Å². The van der Waals surface area contributed by atoms with Gasteiger partial charge in [0, 0.05) is 14.2 Å². The van der Waals surface area contributed by atoms with Crippen LogP contribution in [-0.4, -0.2) is 37.6 Å². The van der Waals surface area contributed by atoms with E-state index in [0.29, 0.717) is 27.9 Å². The Morgan fingerprint density at radius 3 is 2.06 bits per heavy atom. The van der Waals surface area contributed by atoms with Crippen LogP contribution in [0.15, 0.2) is 21.1 Å². The number of methoxy groups -OCH3 is 1. The van der Waals surface area contributed by atoms with Crippen LogP contribution in [0.5, 0.6) is 11.5 Å². The van der Waals surface area contributed by atoms with Gasteiger partial charge in [0.1, 0.15) is 18.1 Å². The first-order chi connectivity index (χ1) is 7.65. The van der Waals surface area contributed by atoms with Crippen LogP contribution in [0.25, 0.3) is 0 Å².